The van der Waals surface area contributed by atoms with E-state index in [9.17, 15) is 8.42 Å². The third-order valence-electron chi connectivity index (χ3n) is 4.42. The molecule has 2 heterocycles. The second-order valence-electron chi connectivity index (χ2n) is 6.09. The fourth-order valence-corrected chi connectivity index (χ4v) is 4.53. The van der Waals surface area contributed by atoms with Gasteiger partial charge in [-0.25, -0.2) is 8.42 Å². The summed E-state index contributed by atoms with van der Waals surface area (Å²) in [6, 6.07) is 14.6. The van der Waals surface area contributed by atoms with Crippen molar-refractivity contribution in [1.82, 2.24) is 4.31 Å². The number of nitrogens with zero attached hydrogens (tertiary/aromatic N) is 1. The van der Waals surface area contributed by atoms with Crippen LogP contribution in [0.3, 0.4) is 0 Å². The number of sulfonamides is 1. The maximum atomic E-state index is 12.8. The van der Waals surface area contributed by atoms with Crippen molar-refractivity contribution in [1.29, 1.82) is 0 Å². The maximum absolute atomic E-state index is 12.8. The van der Waals surface area contributed by atoms with E-state index < -0.39 is 10.0 Å². The molecule has 2 aromatic carbocycles. The molecular formula is C18H19NO5S. The van der Waals surface area contributed by atoms with Gasteiger partial charge in [-0.1, -0.05) is 30.3 Å². The first-order chi connectivity index (χ1) is 12.1. The van der Waals surface area contributed by atoms with Crippen LogP contribution in [0.2, 0.25) is 0 Å². The molecule has 0 radical (unpaired) electrons. The molecule has 0 amide bonds. The quantitative estimate of drug-likeness (QED) is 0.818. The molecule has 132 valence electrons. The van der Waals surface area contributed by atoms with Crippen molar-refractivity contribution in [3.8, 4) is 11.5 Å². The van der Waals surface area contributed by atoms with Crippen LogP contribution in [-0.2, 0) is 21.4 Å². The number of rotatable bonds is 5. The summed E-state index contributed by atoms with van der Waals surface area (Å²) in [5.74, 6) is 1.04. The minimum absolute atomic E-state index is 0.0935. The zero-order valence-electron chi connectivity index (χ0n) is 13.6. The van der Waals surface area contributed by atoms with Crippen molar-refractivity contribution >= 4 is 10.0 Å². The Hall–Kier alpha value is -2.09. The lowest BCUT2D eigenvalue weighted by Gasteiger charge is -2.17. The normalized spacial score (nSPS) is 20.1. The minimum atomic E-state index is -3.56. The van der Waals surface area contributed by atoms with Gasteiger partial charge in [0.25, 0.3) is 0 Å². The van der Waals surface area contributed by atoms with Gasteiger partial charge in [0.05, 0.1) is 17.6 Å². The van der Waals surface area contributed by atoms with Gasteiger partial charge in [0.15, 0.2) is 11.5 Å². The Labute approximate surface area is 147 Å². The fraction of sp³-hybridized carbons (Fsp3) is 0.333. The van der Waals surface area contributed by atoms with E-state index in [1.165, 1.54) is 10.4 Å². The monoisotopic (exact) mass is 361 g/mol. The summed E-state index contributed by atoms with van der Waals surface area (Å²) >= 11 is 0. The number of ether oxygens (including phenoxy) is 3. The number of hydrogen-bond donors (Lipinski definition) is 0. The average molecular weight is 361 g/mol. The molecule has 0 spiro atoms. The molecule has 25 heavy (non-hydrogen) atoms. The summed E-state index contributed by atoms with van der Waals surface area (Å²) in [7, 11) is -3.56. The standard InChI is InChI=1S/C18H19NO5S/c20-25(21,16-6-7-17-18(10-16)24-13-23-17)19-9-8-15(11-19)22-12-14-4-2-1-3-5-14/h1-7,10,15H,8-9,11-13H2/t15-/m0/s1. The summed E-state index contributed by atoms with van der Waals surface area (Å²) in [4.78, 5) is 0.223. The number of fused-ring (bicyclic) bond motifs is 1. The first-order valence-electron chi connectivity index (χ1n) is 8.18. The van der Waals surface area contributed by atoms with E-state index in [1.54, 1.807) is 12.1 Å². The average Bonchev–Trinajstić information content (AvgIpc) is 3.29. The summed E-state index contributed by atoms with van der Waals surface area (Å²) in [5.41, 5.74) is 1.08. The van der Waals surface area contributed by atoms with Gasteiger partial charge in [-0.05, 0) is 24.1 Å². The molecule has 4 rings (SSSR count). The molecular weight excluding hydrogens is 342 g/mol. The zero-order valence-corrected chi connectivity index (χ0v) is 14.4. The molecule has 0 aliphatic carbocycles. The molecule has 0 aromatic heterocycles. The van der Waals surface area contributed by atoms with Crippen molar-refractivity contribution < 1.29 is 22.6 Å². The smallest absolute Gasteiger partial charge is 0.243 e. The van der Waals surface area contributed by atoms with Gasteiger partial charge >= 0.3 is 0 Å². The summed E-state index contributed by atoms with van der Waals surface area (Å²) < 4.78 is 43.5. The van der Waals surface area contributed by atoms with Gasteiger partial charge in [0.1, 0.15) is 0 Å². The van der Waals surface area contributed by atoms with Crippen LogP contribution in [0.1, 0.15) is 12.0 Å². The molecule has 0 saturated carbocycles. The Morgan fingerprint density at radius 1 is 1.08 bits per heavy atom. The molecule has 6 nitrogen and oxygen atoms in total. The van der Waals surface area contributed by atoms with Gasteiger partial charge < -0.3 is 14.2 Å². The summed E-state index contributed by atoms with van der Waals surface area (Å²) in [6.45, 7) is 1.43. The van der Waals surface area contributed by atoms with Crippen molar-refractivity contribution in [2.24, 2.45) is 0 Å². The Morgan fingerprint density at radius 2 is 1.88 bits per heavy atom. The van der Waals surface area contributed by atoms with Crippen LogP contribution < -0.4 is 9.47 Å². The molecule has 2 aliphatic heterocycles. The van der Waals surface area contributed by atoms with Crippen LogP contribution in [0.5, 0.6) is 11.5 Å². The number of benzene rings is 2. The lowest BCUT2D eigenvalue weighted by molar-refractivity contribution is 0.0509. The largest absolute Gasteiger partial charge is 0.454 e. The molecule has 1 fully saturated rings. The van der Waals surface area contributed by atoms with Crippen LogP contribution in [0.4, 0.5) is 0 Å². The molecule has 7 heteroatoms. The molecule has 1 atom stereocenters. The Balaban J connectivity index is 1.42. The lowest BCUT2D eigenvalue weighted by Crippen LogP contribution is -2.30. The predicted octanol–water partition coefficient (Wildman–Crippen LogP) is 2.40. The van der Waals surface area contributed by atoms with Gasteiger partial charge in [-0.2, -0.15) is 4.31 Å². The van der Waals surface area contributed by atoms with E-state index in [0.29, 0.717) is 37.6 Å². The van der Waals surface area contributed by atoms with Crippen molar-refractivity contribution in [3.63, 3.8) is 0 Å². The Bertz CT molecular complexity index is 853. The summed E-state index contributed by atoms with van der Waals surface area (Å²) in [6.07, 6.45) is 0.598. The summed E-state index contributed by atoms with van der Waals surface area (Å²) in [5, 5.41) is 0. The van der Waals surface area contributed by atoms with Gasteiger partial charge in [-0.3, -0.25) is 0 Å². The third-order valence-corrected chi connectivity index (χ3v) is 6.28. The highest BCUT2D eigenvalue weighted by molar-refractivity contribution is 7.89. The highest BCUT2D eigenvalue weighted by Gasteiger charge is 2.34. The Morgan fingerprint density at radius 3 is 2.72 bits per heavy atom. The van der Waals surface area contributed by atoms with Crippen molar-refractivity contribution in [2.45, 2.75) is 24.0 Å². The molecule has 0 bridgehead atoms. The van der Waals surface area contributed by atoms with E-state index >= 15 is 0 Å². The van der Waals surface area contributed by atoms with Crippen LogP contribution in [0, 0.1) is 0 Å². The highest BCUT2D eigenvalue weighted by Crippen LogP contribution is 2.35. The molecule has 2 aromatic rings. The van der Waals surface area contributed by atoms with E-state index in [2.05, 4.69) is 0 Å². The van der Waals surface area contributed by atoms with Gasteiger partial charge in [0.2, 0.25) is 16.8 Å². The van der Waals surface area contributed by atoms with E-state index in [1.807, 2.05) is 30.3 Å². The third kappa shape index (κ3) is 3.35. The number of hydrogen-bond acceptors (Lipinski definition) is 5. The van der Waals surface area contributed by atoms with Gasteiger partial charge in [-0.15, -0.1) is 0 Å². The first-order valence-corrected chi connectivity index (χ1v) is 9.62. The Kier molecular flexibility index (Phi) is 4.37. The maximum Gasteiger partial charge on any atom is 0.243 e. The van der Waals surface area contributed by atoms with Crippen molar-refractivity contribution in [3.05, 3.63) is 54.1 Å². The van der Waals surface area contributed by atoms with Crippen LogP contribution >= 0.6 is 0 Å². The second kappa shape index (κ2) is 6.67. The molecule has 1 saturated heterocycles. The van der Waals surface area contributed by atoms with Crippen LogP contribution in [-0.4, -0.2) is 38.7 Å². The van der Waals surface area contributed by atoms with E-state index in [0.717, 1.165) is 5.56 Å². The zero-order chi connectivity index (χ0) is 17.3. The minimum Gasteiger partial charge on any atom is -0.454 e. The molecule has 0 N–H and O–H groups in total. The second-order valence-corrected chi connectivity index (χ2v) is 8.02. The predicted molar refractivity (Wildman–Crippen MR) is 91.0 cm³/mol. The highest BCUT2D eigenvalue weighted by atomic mass is 32.2. The van der Waals surface area contributed by atoms with Crippen LogP contribution in [0.25, 0.3) is 0 Å². The van der Waals surface area contributed by atoms with Crippen LogP contribution in [0.15, 0.2) is 53.4 Å². The van der Waals surface area contributed by atoms with Gasteiger partial charge in [0, 0.05) is 19.2 Å². The first kappa shape index (κ1) is 16.4. The fourth-order valence-electron chi connectivity index (χ4n) is 3.03. The topological polar surface area (TPSA) is 65.1 Å². The SMILES string of the molecule is O=S(=O)(c1ccc2c(c1)OCO2)N1CC[C@H](OCc2ccccc2)C1. The van der Waals surface area contributed by atoms with Crippen molar-refractivity contribution in [2.75, 3.05) is 19.9 Å². The molecule has 2 aliphatic rings. The van der Waals surface area contributed by atoms with E-state index in [-0.39, 0.29) is 17.8 Å². The van der Waals surface area contributed by atoms with E-state index in [4.69, 9.17) is 14.2 Å². The molecule has 0 unspecified atom stereocenters. The lowest BCUT2D eigenvalue weighted by atomic mass is 10.2.